The summed E-state index contributed by atoms with van der Waals surface area (Å²) in [5, 5.41) is 10.6. The molecule has 0 saturated carbocycles. The number of hydrogen-bond donors (Lipinski definition) is 0. The molecule has 0 radical (unpaired) electrons. The predicted molar refractivity (Wildman–Crippen MR) is 85.6 cm³/mol. The summed E-state index contributed by atoms with van der Waals surface area (Å²) in [6.45, 7) is 0. The second-order valence-electron chi connectivity index (χ2n) is 4.52. The number of para-hydroxylation sites is 1. The van der Waals surface area contributed by atoms with Crippen LogP contribution in [0.25, 0.3) is 10.9 Å². The Morgan fingerprint density at radius 2 is 1.86 bits per heavy atom. The van der Waals surface area contributed by atoms with Crippen LogP contribution >= 0.6 is 15.9 Å². The Labute approximate surface area is 130 Å². The van der Waals surface area contributed by atoms with E-state index in [1.54, 1.807) is 24.3 Å². The summed E-state index contributed by atoms with van der Waals surface area (Å²) in [6.07, 6.45) is 0. The Bertz CT molecular complexity index is 822. The second-order valence-corrected chi connectivity index (χ2v) is 5.08. The van der Waals surface area contributed by atoms with Gasteiger partial charge in [-0.25, -0.2) is 4.98 Å². The standard InChI is InChI=1S/C17H11BrN2O/c18-10-14-9-13-3-1-2-4-16(13)20-17(14)21-15-7-5-12(11-19)6-8-15/h1-9H,10H2. The van der Waals surface area contributed by atoms with Crippen molar-refractivity contribution in [2.45, 2.75) is 5.33 Å². The first-order valence-corrected chi connectivity index (χ1v) is 7.55. The summed E-state index contributed by atoms with van der Waals surface area (Å²) in [5.74, 6) is 1.24. The highest BCUT2D eigenvalue weighted by Gasteiger charge is 2.08. The molecule has 0 N–H and O–H groups in total. The molecular formula is C17H11BrN2O. The van der Waals surface area contributed by atoms with E-state index in [1.165, 1.54) is 0 Å². The normalized spacial score (nSPS) is 10.3. The highest BCUT2D eigenvalue weighted by molar-refractivity contribution is 9.08. The van der Waals surface area contributed by atoms with Crippen LogP contribution in [-0.2, 0) is 5.33 Å². The molecule has 0 saturated heterocycles. The first-order chi connectivity index (χ1) is 10.3. The van der Waals surface area contributed by atoms with Gasteiger partial charge in [0.1, 0.15) is 5.75 Å². The molecule has 0 aliphatic rings. The van der Waals surface area contributed by atoms with Gasteiger partial charge in [0.05, 0.1) is 17.1 Å². The molecule has 4 heteroatoms. The average molecular weight is 339 g/mol. The zero-order valence-electron chi connectivity index (χ0n) is 11.1. The molecular weight excluding hydrogens is 328 g/mol. The quantitative estimate of drug-likeness (QED) is 0.644. The van der Waals surface area contributed by atoms with E-state index in [0.717, 1.165) is 16.5 Å². The zero-order chi connectivity index (χ0) is 14.7. The van der Waals surface area contributed by atoms with Gasteiger partial charge in [-0.15, -0.1) is 0 Å². The summed E-state index contributed by atoms with van der Waals surface area (Å²) < 4.78 is 5.86. The number of nitriles is 1. The minimum Gasteiger partial charge on any atom is -0.439 e. The van der Waals surface area contributed by atoms with Gasteiger partial charge in [-0.2, -0.15) is 5.26 Å². The summed E-state index contributed by atoms with van der Waals surface area (Å²) in [6, 6.07) is 19.1. The number of hydrogen-bond acceptors (Lipinski definition) is 3. The molecule has 0 aliphatic heterocycles. The maximum atomic E-state index is 8.81. The van der Waals surface area contributed by atoms with Gasteiger partial charge in [0, 0.05) is 16.3 Å². The molecule has 21 heavy (non-hydrogen) atoms. The number of aromatic nitrogens is 1. The van der Waals surface area contributed by atoms with E-state index < -0.39 is 0 Å². The van der Waals surface area contributed by atoms with E-state index in [0.29, 0.717) is 22.5 Å². The third-order valence-electron chi connectivity index (χ3n) is 3.11. The van der Waals surface area contributed by atoms with Gasteiger partial charge < -0.3 is 4.74 Å². The van der Waals surface area contributed by atoms with Crippen molar-refractivity contribution in [1.82, 2.24) is 4.98 Å². The van der Waals surface area contributed by atoms with Gasteiger partial charge in [0.15, 0.2) is 0 Å². The molecule has 1 heterocycles. The van der Waals surface area contributed by atoms with E-state index in [-0.39, 0.29) is 0 Å². The lowest BCUT2D eigenvalue weighted by molar-refractivity contribution is 0.461. The van der Waals surface area contributed by atoms with Crippen LogP contribution in [0.5, 0.6) is 11.6 Å². The number of pyridine rings is 1. The van der Waals surface area contributed by atoms with Crippen molar-refractivity contribution in [3.63, 3.8) is 0 Å². The Balaban J connectivity index is 2.00. The van der Waals surface area contributed by atoms with E-state index >= 15 is 0 Å². The number of alkyl halides is 1. The number of benzene rings is 2. The highest BCUT2D eigenvalue weighted by Crippen LogP contribution is 2.28. The van der Waals surface area contributed by atoms with Crippen LogP contribution in [0.2, 0.25) is 0 Å². The van der Waals surface area contributed by atoms with Crippen LogP contribution in [0.15, 0.2) is 54.6 Å². The molecule has 0 spiro atoms. The lowest BCUT2D eigenvalue weighted by Crippen LogP contribution is -1.94. The van der Waals surface area contributed by atoms with Crippen LogP contribution in [-0.4, -0.2) is 4.98 Å². The van der Waals surface area contributed by atoms with Crippen molar-refractivity contribution >= 4 is 26.8 Å². The molecule has 0 aliphatic carbocycles. The zero-order valence-corrected chi connectivity index (χ0v) is 12.7. The Kier molecular flexibility index (Phi) is 3.85. The van der Waals surface area contributed by atoms with Crippen molar-refractivity contribution in [3.05, 3.63) is 65.7 Å². The minimum atomic E-state index is 0.579. The molecule has 0 amide bonds. The van der Waals surface area contributed by atoms with Crippen LogP contribution < -0.4 is 4.74 Å². The van der Waals surface area contributed by atoms with Gasteiger partial charge >= 0.3 is 0 Å². The highest BCUT2D eigenvalue weighted by atomic mass is 79.9. The van der Waals surface area contributed by atoms with Crippen molar-refractivity contribution in [2.75, 3.05) is 0 Å². The predicted octanol–water partition coefficient (Wildman–Crippen LogP) is 4.79. The van der Waals surface area contributed by atoms with Crippen molar-refractivity contribution in [3.8, 4) is 17.7 Å². The largest absolute Gasteiger partial charge is 0.439 e. The number of fused-ring (bicyclic) bond motifs is 1. The molecule has 1 aromatic heterocycles. The molecule has 2 aromatic carbocycles. The lowest BCUT2D eigenvalue weighted by atomic mass is 10.1. The maximum Gasteiger partial charge on any atom is 0.223 e. The maximum absolute atomic E-state index is 8.81. The first-order valence-electron chi connectivity index (χ1n) is 6.43. The molecule has 102 valence electrons. The van der Waals surface area contributed by atoms with Crippen LogP contribution in [0.4, 0.5) is 0 Å². The fourth-order valence-electron chi connectivity index (χ4n) is 2.04. The van der Waals surface area contributed by atoms with E-state index in [4.69, 9.17) is 10.00 Å². The topological polar surface area (TPSA) is 45.9 Å². The summed E-state index contributed by atoms with van der Waals surface area (Å²) in [5.41, 5.74) is 2.48. The van der Waals surface area contributed by atoms with Crippen molar-refractivity contribution in [2.24, 2.45) is 0 Å². The van der Waals surface area contributed by atoms with Gasteiger partial charge in [-0.3, -0.25) is 0 Å². The third-order valence-corrected chi connectivity index (χ3v) is 3.71. The van der Waals surface area contributed by atoms with Gasteiger partial charge in [-0.1, -0.05) is 34.1 Å². The fourth-order valence-corrected chi connectivity index (χ4v) is 2.44. The lowest BCUT2D eigenvalue weighted by Gasteiger charge is -2.10. The van der Waals surface area contributed by atoms with Crippen molar-refractivity contribution < 1.29 is 4.74 Å². The van der Waals surface area contributed by atoms with Crippen LogP contribution in [0.3, 0.4) is 0 Å². The summed E-state index contributed by atoms with van der Waals surface area (Å²) >= 11 is 3.47. The SMILES string of the molecule is N#Cc1ccc(Oc2nc3ccccc3cc2CBr)cc1. The molecule has 3 rings (SSSR count). The summed E-state index contributed by atoms with van der Waals surface area (Å²) in [7, 11) is 0. The van der Waals surface area contributed by atoms with Gasteiger partial charge in [-0.05, 0) is 36.4 Å². The summed E-state index contributed by atoms with van der Waals surface area (Å²) in [4.78, 5) is 4.57. The number of rotatable bonds is 3. The third kappa shape index (κ3) is 2.88. The molecule has 0 atom stereocenters. The monoisotopic (exact) mass is 338 g/mol. The fraction of sp³-hybridized carbons (Fsp3) is 0.0588. The molecule has 0 fully saturated rings. The Hall–Kier alpha value is -2.38. The molecule has 3 aromatic rings. The Morgan fingerprint density at radius 1 is 1.10 bits per heavy atom. The Morgan fingerprint density at radius 3 is 2.57 bits per heavy atom. The molecule has 3 nitrogen and oxygen atoms in total. The minimum absolute atomic E-state index is 0.579. The van der Waals surface area contributed by atoms with E-state index in [1.807, 2.05) is 24.3 Å². The number of nitrogens with zero attached hydrogens (tertiary/aromatic N) is 2. The van der Waals surface area contributed by atoms with Gasteiger partial charge in [0.2, 0.25) is 5.88 Å². The smallest absolute Gasteiger partial charge is 0.223 e. The second kappa shape index (κ2) is 5.94. The first kappa shape index (κ1) is 13.6. The molecule has 0 bridgehead atoms. The number of halogens is 1. The van der Waals surface area contributed by atoms with E-state index in [2.05, 4.69) is 33.0 Å². The van der Waals surface area contributed by atoms with Crippen LogP contribution in [0, 0.1) is 11.3 Å². The molecule has 0 unspecified atom stereocenters. The average Bonchev–Trinajstić information content (AvgIpc) is 2.55. The van der Waals surface area contributed by atoms with Crippen molar-refractivity contribution in [1.29, 1.82) is 5.26 Å². The number of ether oxygens (including phenoxy) is 1. The van der Waals surface area contributed by atoms with E-state index in [9.17, 15) is 0 Å². The van der Waals surface area contributed by atoms with Gasteiger partial charge in [0.25, 0.3) is 0 Å². The van der Waals surface area contributed by atoms with Crippen LogP contribution in [0.1, 0.15) is 11.1 Å².